The molecule has 0 saturated heterocycles. The first-order valence-electron chi connectivity index (χ1n) is 20.8. The zero-order chi connectivity index (χ0) is 36.4. The lowest BCUT2D eigenvalue weighted by atomic mass is 9.47. The molecule has 0 aromatic heterocycles. The van der Waals surface area contributed by atoms with Crippen molar-refractivity contribution in [1.82, 2.24) is 0 Å². The van der Waals surface area contributed by atoms with E-state index in [1.165, 1.54) is 76.8 Å². The summed E-state index contributed by atoms with van der Waals surface area (Å²) < 4.78 is 0. The monoisotopic (exact) mass is 710 g/mol. The Morgan fingerprint density at radius 2 is 1.55 bits per heavy atom. The molecule has 1 saturated carbocycles. The van der Waals surface area contributed by atoms with Gasteiger partial charge in [0.15, 0.2) is 0 Å². The van der Waals surface area contributed by atoms with Gasteiger partial charge in [0.25, 0.3) is 0 Å². The third-order valence-electron chi connectivity index (χ3n) is 14.3. The van der Waals surface area contributed by atoms with E-state index in [1.807, 2.05) is 12.1 Å². The summed E-state index contributed by atoms with van der Waals surface area (Å²) in [6.45, 7) is 0.215. The molecule has 5 aliphatic rings. The molecule has 0 amide bonds. The Morgan fingerprint density at radius 1 is 0.792 bits per heavy atom. The predicted molar refractivity (Wildman–Crippen MR) is 214 cm³/mol. The van der Waals surface area contributed by atoms with Gasteiger partial charge in [-0.15, -0.1) is 0 Å². The maximum absolute atomic E-state index is 13.6. The maximum Gasteiger partial charge on any atom is 0.307 e. The molecule has 0 unspecified atom stereocenters. The van der Waals surface area contributed by atoms with Crippen molar-refractivity contribution in [1.29, 1.82) is 0 Å². The number of aromatic hydroxyl groups is 1. The third kappa shape index (κ3) is 7.46. The minimum Gasteiger partial charge on any atom is -0.508 e. The van der Waals surface area contributed by atoms with Crippen LogP contribution in [0, 0.1) is 35.5 Å². The van der Waals surface area contributed by atoms with Gasteiger partial charge in [-0.05, 0) is 157 Å². The van der Waals surface area contributed by atoms with Crippen LogP contribution in [-0.4, -0.2) is 27.9 Å². The Labute approximate surface area is 316 Å². The summed E-state index contributed by atoms with van der Waals surface area (Å²) >= 11 is 0. The second kappa shape index (κ2) is 15.8. The first-order valence-corrected chi connectivity index (χ1v) is 20.8. The van der Waals surface area contributed by atoms with Crippen molar-refractivity contribution >= 4 is 18.1 Å². The van der Waals surface area contributed by atoms with Crippen LogP contribution in [0.3, 0.4) is 0 Å². The Balaban J connectivity index is 1.09. The maximum atomic E-state index is 13.6. The number of carboxylic acids is 1. The highest BCUT2D eigenvalue weighted by Crippen LogP contribution is 2.59. The van der Waals surface area contributed by atoms with Crippen LogP contribution >= 0.6 is 0 Å². The Bertz CT molecular complexity index is 1950. The van der Waals surface area contributed by atoms with E-state index in [2.05, 4.69) is 85.0 Å². The van der Waals surface area contributed by atoms with Gasteiger partial charge in [-0.1, -0.05) is 111 Å². The van der Waals surface area contributed by atoms with Crippen LogP contribution in [0.25, 0.3) is 12.2 Å². The molecular weight excluding hydrogens is 653 g/mol. The van der Waals surface area contributed by atoms with Gasteiger partial charge in [-0.3, -0.25) is 4.79 Å². The molecule has 4 heteroatoms. The molecule has 2 bridgehead atoms. The molecule has 278 valence electrons. The number of phenolic OH excluding ortho intramolecular Hbond substituents is 1. The highest BCUT2D eigenvalue weighted by atomic mass is 16.4. The Kier molecular flexibility index (Phi) is 10.8. The van der Waals surface area contributed by atoms with Gasteiger partial charge < -0.3 is 15.3 Å². The van der Waals surface area contributed by atoms with Crippen molar-refractivity contribution in [2.75, 3.05) is 6.61 Å². The number of unbranched alkanes of at least 4 members (excludes halogenated alkanes) is 3. The quantitative estimate of drug-likeness (QED) is 0.145. The van der Waals surface area contributed by atoms with Crippen molar-refractivity contribution in [3.8, 4) is 5.75 Å². The highest BCUT2D eigenvalue weighted by molar-refractivity contribution is 5.74. The van der Waals surface area contributed by atoms with Gasteiger partial charge >= 0.3 is 5.97 Å². The molecule has 5 aliphatic carbocycles. The lowest BCUT2D eigenvalue weighted by Crippen LogP contribution is -2.54. The van der Waals surface area contributed by atoms with E-state index >= 15 is 0 Å². The molecule has 3 aromatic carbocycles. The standard InChI is InChI=1S/C49H58O4/c50-32-35-16-15-33(25-35)9-3-1-2-4-10-36-11-7-8-14-46(48(52)53)49-31-42-29-40-13-6-5-12-39(40)28-41(42)30-43(49)22-19-38-18-17-34(27-47(38)49)26-45(36)37-20-23-44(51)24-21-37/h5-8,12-13,17-18,20-21,23-25,27-29,33,36,41-43,45-46,50-51H,1-4,9-11,14-16,19,22,26,30-32H2,(H,52,53)/t33-,36-,41-,42-,43+,45+,46-,49+/m1/s1. The molecule has 1 spiro atoms. The smallest absolute Gasteiger partial charge is 0.307 e. The number of aryl methyl sites for hydroxylation is 1. The van der Waals surface area contributed by atoms with Crippen molar-refractivity contribution in [3.05, 3.63) is 123 Å². The van der Waals surface area contributed by atoms with Crippen molar-refractivity contribution < 1.29 is 20.1 Å². The molecule has 53 heavy (non-hydrogen) atoms. The second-order valence-electron chi connectivity index (χ2n) is 17.3. The van der Waals surface area contributed by atoms with Crippen molar-refractivity contribution in [2.24, 2.45) is 35.5 Å². The lowest BCUT2D eigenvalue weighted by molar-refractivity contribution is -0.147. The van der Waals surface area contributed by atoms with E-state index in [0.717, 1.165) is 51.4 Å². The van der Waals surface area contributed by atoms with Gasteiger partial charge in [-0.25, -0.2) is 0 Å². The fourth-order valence-electron chi connectivity index (χ4n) is 11.6. The molecule has 3 aromatic rings. The fraction of sp³-hybridized carbons (Fsp3) is 0.490. The number of rotatable bonds is 10. The van der Waals surface area contributed by atoms with Crippen LogP contribution in [0.15, 0.2) is 90.5 Å². The van der Waals surface area contributed by atoms with Crippen LogP contribution in [0.4, 0.5) is 0 Å². The first kappa shape index (κ1) is 36.1. The molecule has 3 N–H and O–H groups in total. The summed E-state index contributed by atoms with van der Waals surface area (Å²) in [6, 6.07) is 23.8. The number of fused-ring (bicyclic) bond motifs is 3. The number of carboxylic acid groups (broad SMARTS) is 1. The number of aliphatic hydroxyl groups excluding tert-OH is 1. The van der Waals surface area contributed by atoms with E-state index in [0.29, 0.717) is 47.7 Å². The summed E-state index contributed by atoms with van der Waals surface area (Å²) in [4.78, 5) is 13.6. The molecule has 0 radical (unpaired) electrons. The zero-order valence-electron chi connectivity index (χ0n) is 31.3. The number of aliphatic hydroxyl groups is 1. The summed E-state index contributed by atoms with van der Waals surface area (Å²) in [6.07, 6.45) is 27.7. The average Bonchev–Trinajstić information content (AvgIpc) is 3.63. The van der Waals surface area contributed by atoms with Gasteiger partial charge in [0.05, 0.1) is 12.5 Å². The molecule has 8 rings (SSSR count). The van der Waals surface area contributed by atoms with E-state index in [9.17, 15) is 20.1 Å². The Morgan fingerprint density at radius 3 is 2.30 bits per heavy atom. The van der Waals surface area contributed by atoms with Crippen LogP contribution < -0.4 is 10.4 Å². The van der Waals surface area contributed by atoms with Crippen molar-refractivity contribution in [3.63, 3.8) is 0 Å². The number of hydrogen-bond acceptors (Lipinski definition) is 3. The van der Waals surface area contributed by atoms with Crippen LogP contribution in [-0.2, 0) is 23.1 Å². The summed E-state index contributed by atoms with van der Waals surface area (Å²) in [5.41, 5.74) is 6.09. The summed E-state index contributed by atoms with van der Waals surface area (Å²) in [5.74, 6) is 1.68. The number of benzene rings is 3. The molecule has 1 fully saturated rings. The minimum absolute atomic E-state index is 0.215. The van der Waals surface area contributed by atoms with E-state index in [-0.39, 0.29) is 6.61 Å². The van der Waals surface area contributed by atoms with Gasteiger partial charge in [0, 0.05) is 5.41 Å². The third-order valence-corrected chi connectivity index (χ3v) is 14.3. The van der Waals surface area contributed by atoms with E-state index in [1.54, 1.807) is 0 Å². The number of carbonyl (C=O) groups is 1. The summed E-state index contributed by atoms with van der Waals surface area (Å²) in [5, 5.41) is 33.5. The first-order chi connectivity index (χ1) is 25.9. The van der Waals surface area contributed by atoms with Crippen LogP contribution in [0.1, 0.15) is 112 Å². The summed E-state index contributed by atoms with van der Waals surface area (Å²) in [7, 11) is 0. The number of phenols is 1. The molecular formula is C49H58O4. The normalized spacial score (nSPS) is 30.3. The van der Waals surface area contributed by atoms with Crippen LogP contribution in [0.5, 0.6) is 5.75 Å². The average molecular weight is 711 g/mol. The predicted octanol–water partition coefficient (Wildman–Crippen LogP) is 9.16. The van der Waals surface area contributed by atoms with Crippen molar-refractivity contribution in [2.45, 2.75) is 108 Å². The highest BCUT2D eigenvalue weighted by Gasteiger charge is 2.56. The molecule has 0 aliphatic heterocycles. The van der Waals surface area contributed by atoms with Gasteiger partial charge in [0.2, 0.25) is 0 Å². The van der Waals surface area contributed by atoms with E-state index in [4.69, 9.17) is 0 Å². The van der Waals surface area contributed by atoms with E-state index < -0.39 is 17.3 Å². The van der Waals surface area contributed by atoms with Gasteiger partial charge in [-0.2, -0.15) is 0 Å². The molecule has 0 heterocycles. The van der Waals surface area contributed by atoms with Gasteiger partial charge in [0.1, 0.15) is 5.75 Å². The molecule has 8 atom stereocenters. The minimum atomic E-state index is -0.646. The SMILES string of the molecule is O=C(O)[C@H]1CC=CC[C@@H](CCCCCC[C@H]2C=C(CO)CC2)[C@@H](c2ccc(O)cc2)Cc2ccc3c(c2)[C@]12C[C@H]1C=c4ccccc4=C[C@@H]1C[C@@H]2CC3. The number of aliphatic carboxylic acids is 1. The largest absolute Gasteiger partial charge is 0.508 e. The topological polar surface area (TPSA) is 77.8 Å². The lowest BCUT2D eigenvalue weighted by Gasteiger charge is -2.55. The zero-order valence-corrected chi connectivity index (χ0v) is 31.3. The number of hydrogen-bond donors (Lipinski definition) is 3. The van der Waals surface area contributed by atoms with Crippen LogP contribution in [0.2, 0.25) is 0 Å². The molecule has 4 nitrogen and oxygen atoms in total. The number of allylic oxidation sites excluding steroid dienone is 3. The fourth-order valence-corrected chi connectivity index (χ4v) is 11.6. The second-order valence-corrected chi connectivity index (χ2v) is 17.3. The Hall–Kier alpha value is -3.89.